The monoisotopic (exact) mass is 301 g/mol. The topological polar surface area (TPSA) is 45.4 Å². The van der Waals surface area contributed by atoms with E-state index in [0.29, 0.717) is 12.3 Å². The highest BCUT2D eigenvalue weighted by Crippen LogP contribution is 2.22. The van der Waals surface area contributed by atoms with Gasteiger partial charge in [0.05, 0.1) is 6.26 Å². The van der Waals surface area contributed by atoms with Crippen molar-refractivity contribution >= 4 is 27.3 Å². The highest BCUT2D eigenvalue weighted by atomic mass is 79.9. The molecule has 0 radical (unpaired) electrons. The summed E-state index contributed by atoms with van der Waals surface area (Å²) in [7, 11) is 0. The van der Waals surface area contributed by atoms with Crippen molar-refractivity contribution in [2.75, 3.05) is 6.54 Å². The molecule has 0 spiro atoms. The van der Waals surface area contributed by atoms with Crippen LogP contribution in [-0.4, -0.2) is 11.7 Å². The van der Waals surface area contributed by atoms with E-state index in [-0.39, 0.29) is 0 Å². The van der Waals surface area contributed by atoms with E-state index in [1.807, 2.05) is 11.4 Å². The fourth-order valence-electron chi connectivity index (χ4n) is 1.36. The molecule has 0 bridgehead atoms. The number of nitrogens with one attached hydrogen (secondary N) is 1. The molecule has 1 atom stereocenters. The van der Waals surface area contributed by atoms with E-state index in [2.05, 4.69) is 21.2 Å². The van der Waals surface area contributed by atoms with Crippen LogP contribution < -0.4 is 5.32 Å². The first-order chi connectivity index (χ1) is 7.77. The molecule has 86 valence electrons. The van der Waals surface area contributed by atoms with Gasteiger partial charge in [0.25, 0.3) is 0 Å². The van der Waals surface area contributed by atoms with Crippen LogP contribution in [-0.2, 0) is 6.54 Å². The third-order valence-corrected chi connectivity index (χ3v) is 4.11. The molecule has 0 saturated carbocycles. The Bertz CT molecular complexity index is 427. The molecule has 16 heavy (non-hydrogen) atoms. The van der Waals surface area contributed by atoms with Gasteiger partial charge in [0.1, 0.15) is 11.9 Å². The molecule has 0 aromatic carbocycles. The molecule has 2 aromatic rings. The van der Waals surface area contributed by atoms with Gasteiger partial charge in [-0.05, 0) is 39.5 Å². The third-order valence-electron chi connectivity index (χ3n) is 2.19. The van der Waals surface area contributed by atoms with Crippen molar-refractivity contribution in [3.8, 4) is 0 Å². The van der Waals surface area contributed by atoms with E-state index in [4.69, 9.17) is 4.42 Å². The van der Waals surface area contributed by atoms with Crippen molar-refractivity contribution in [2.24, 2.45) is 0 Å². The minimum absolute atomic E-state index is 0.484. The van der Waals surface area contributed by atoms with Gasteiger partial charge in [-0.2, -0.15) is 0 Å². The second-order valence-electron chi connectivity index (χ2n) is 3.35. The van der Waals surface area contributed by atoms with Crippen molar-refractivity contribution in [1.29, 1.82) is 0 Å². The number of thiophene rings is 1. The summed E-state index contributed by atoms with van der Waals surface area (Å²) in [5.74, 6) is 0.595. The minimum Gasteiger partial charge on any atom is -0.467 e. The lowest BCUT2D eigenvalue weighted by Gasteiger charge is -2.08. The van der Waals surface area contributed by atoms with E-state index in [0.717, 1.165) is 11.0 Å². The predicted octanol–water partition coefficient (Wildman–Crippen LogP) is 2.93. The Morgan fingerprint density at radius 1 is 1.50 bits per heavy atom. The standard InChI is InChI=1S/C11H12BrNO2S/c12-8-3-5-16-11(8)7-13-6-9(14)10-2-1-4-15-10/h1-5,9,13-14H,6-7H2. The zero-order valence-electron chi connectivity index (χ0n) is 8.52. The first kappa shape index (κ1) is 11.9. The third kappa shape index (κ3) is 2.95. The van der Waals surface area contributed by atoms with Crippen LogP contribution >= 0.6 is 27.3 Å². The molecule has 2 aromatic heterocycles. The minimum atomic E-state index is -0.589. The molecule has 0 fully saturated rings. The molecule has 0 aliphatic rings. The summed E-state index contributed by atoms with van der Waals surface area (Å²) in [4.78, 5) is 1.23. The summed E-state index contributed by atoms with van der Waals surface area (Å²) in [6.07, 6.45) is 0.975. The molecule has 0 aliphatic carbocycles. The van der Waals surface area contributed by atoms with Gasteiger partial charge >= 0.3 is 0 Å². The molecule has 0 amide bonds. The lowest BCUT2D eigenvalue weighted by atomic mass is 10.3. The van der Waals surface area contributed by atoms with Gasteiger partial charge in [-0.3, -0.25) is 0 Å². The van der Waals surface area contributed by atoms with Crippen molar-refractivity contribution in [3.63, 3.8) is 0 Å². The van der Waals surface area contributed by atoms with Gasteiger partial charge in [0.15, 0.2) is 0 Å². The second kappa shape index (κ2) is 5.63. The van der Waals surface area contributed by atoms with Crippen molar-refractivity contribution in [2.45, 2.75) is 12.6 Å². The quantitative estimate of drug-likeness (QED) is 0.892. The van der Waals surface area contributed by atoms with Gasteiger partial charge in [-0.25, -0.2) is 0 Å². The SMILES string of the molecule is OC(CNCc1sccc1Br)c1ccco1. The predicted molar refractivity (Wildman–Crippen MR) is 67.4 cm³/mol. The van der Waals surface area contributed by atoms with Crippen molar-refractivity contribution in [3.05, 3.63) is 45.0 Å². The molecule has 5 heteroatoms. The Hall–Kier alpha value is -0.620. The van der Waals surface area contributed by atoms with E-state index < -0.39 is 6.10 Å². The summed E-state index contributed by atoms with van der Waals surface area (Å²) in [6.45, 7) is 1.23. The summed E-state index contributed by atoms with van der Waals surface area (Å²) >= 11 is 5.15. The van der Waals surface area contributed by atoms with Gasteiger partial charge in [-0.1, -0.05) is 0 Å². The van der Waals surface area contributed by atoms with Crippen LogP contribution in [0.1, 0.15) is 16.7 Å². The maximum atomic E-state index is 9.74. The average Bonchev–Trinajstić information content (AvgIpc) is 2.90. The summed E-state index contributed by atoms with van der Waals surface area (Å²) in [5, 5.41) is 15.0. The highest BCUT2D eigenvalue weighted by molar-refractivity contribution is 9.10. The Labute approximate surface area is 106 Å². The first-order valence-corrected chi connectivity index (χ1v) is 6.58. The van der Waals surface area contributed by atoms with Crippen LogP contribution in [0.25, 0.3) is 0 Å². The molecular formula is C11H12BrNO2S. The molecule has 1 unspecified atom stereocenters. The largest absolute Gasteiger partial charge is 0.467 e. The zero-order chi connectivity index (χ0) is 11.4. The zero-order valence-corrected chi connectivity index (χ0v) is 10.9. The maximum Gasteiger partial charge on any atom is 0.133 e. The average molecular weight is 302 g/mol. The summed E-state index contributed by atoms with van der Waals surface area (Å²) < 4.78 is 6.22. The second-order valence-corrected chi connectivity index (χ2v) is 5.21. The van der Waals surface area contributed by atoms with Crippen molar-refractivity contribution in [1.82, 2.24) is 5.32 Å². The number of aliphatic hydroxyl groups excluding tert-OH is 1. The van der Waals surface area contributed by atoms with E-state index >= 15 is 0 Å². The van der Waals surface area contributed by atoms with Gasteiger partial charge in [0.2, 0.25) is 0 Å². The van der Waals surface area contributed by atoms with Gasteiger partial charge in [-0.15, -0.1) is 11.3 Å². The molecule has 2 rings (SSSR count). The summed E-state index contributed by atoms with van der Waals surface area (Å²) in [5.41, 5.74) is 0. The lowest BCUT2D eigenvalue weighted by Crippen LogP contribution is -2.20. The highest BCUT2D eigenvalue weighted by Gasteiger charge is 2.09. The molecule has 3 nitrogen and oxygen atoms in total. The van der Waals surface area contributed by atoms with Crippen LogP contribution in [0.3, 0.4) is 0 Å². The van der Waals surface area contributed by atoms with Gasteiger partial charge in [0, 0.05) is 22.4 Å². The molecule has 0 saturated heterocycles. The Kier molecular flexibility index (Phi) is 4.17. The Morgan fingerprint density at radius 3 is 3.00 bits per heavy atom. The van der Waals surface area contributed by atoms with Crippen LogP contribution in [0.2, 0.25) is 0 Å². The fraction of sp³-hybridized carbons (Fsp3) is 0.273. The van der Waals surface area contributed by atoms with Crippen LogP contribution in [0.15, 0.2) is 38.7 Å². The fourth-order valence-corrected chi connectivity index (χ4v) is 2.82. The van der Waals surface area contributed by atoms with Gasteiger partial charge < -0.3 is 14.8 Å². The van der Waals surface area contributed by atoms with E-state index in [9.17, 15) is 5.11 Å². The molecule has 2 N–H and O–H groups in total. The lowest BCUT2D eigenvalue weighted by molar-refractivity contribution is 0.147. The summed E-state index contributed by atoms with van der Waals surface area (Å²) in [6, 6.07) is 5.56. The normalized spacial score (nSPS) is 12.9. The number of rotatable bonds is 5. The van der Waals surface area contributed by atoms with E-state index in [1.165, 1.54) is 4.88 Å². The number of furan rings is 1. The smallest absolute Gasteiger partial charge is 0.133 e. The molecule has 0 aliphatic heterocycles. The van der Waals surface area contributed by atoms with Crippen molar-refractivity contribution < 1.29 is 9.52 Å². The molecular weight excluding hydrogens is 290 g/mol. The van der Waals surface area contributed by atoms with Crippen LogP contribution in [0.4, 0.5) is 0 Å². The van der Waals surface area contributed by atoms with Crippen LogP contribution in [0.5, 0.6) is 0 Å². The van der Waals surface area contributed by atoms with Crippen LogP contribution in [0, 0.1) is 0 Å². The number of halogens is 1. The first-order valence-electron chi connectivity index (χ1n) is 4.91. The Balaban J connectivity index is 1.78. The Morgan fingerprint density at radius 2 is 2.38 bits per heavy atom. The number of hydrogen-bond donors (Lipinski definition) is 2. The number of hydrogen-bond acceptors (Lipinski definition) is 4. The maximum absolute atomic E-state index is 9.74. The molecule has 2 heterocycles. The number of aliphatic hydroxyl groups is 1. The van der Waals surface area contributed by atoms with E-state index in [1.54, 1.807) is 29.7 Å².